The maximum Gasteiger partial charge on any atom is 0.411 e. The Hall–Kier alpha value is -3.35. The van der Waals surface area contributed by atoms with E-state index in [1.54, 1.807) is 19.2 Å². The van der Waals surface area contributed by atoms with Crippen LogP contribution in [0.25, 0.3) is 0 Å². The number of carbonyl (C=O) groups excluding carboxylic acids is 1. The summed E-state index contributed by atoms with van der Waals surface area (Å²) in [6.07, 6.45) is 0.890. The van der Waals surface area contributed by atoms with Crippen LogP contribution in [0.1, 0.15) is 5.56 Å². The van der Waals surface area contributed by atoms with Crippen molar-refractivity contribution in [2.45, 2.75) is 6.61 Å². The summed E-state index contributed by atoms with van der Waals surface area (Å²) < 4.78 is 26.7. The van der Waals surface area contributed by atoms with Gasteiger partial charge in [0.15, 0.2) is 0 Å². The van der Waals surface area contributed by atoms with E-state index in [-0.39, 0.29) is 13.2 Å². The number of rotatable bonds is 9. The molecule has 144 valence electrons. The molecule has 7 nitrogen and oxygen atoms in total. The molecule has 0 spiro atoms. The number of carbonyl (C=O) groups is 1. The van der Waals surface area contributed by atoms with Gasteiger partial charge in [0.05, 0.1) is 32.6 Å². The Kier molecular flexibility index (Phi) is 7.37. The second-order valence-electron chi connectivity index (χ2n) is 5.34. The van der Waals surface area contributed by atoms with E-state index >= 15 is 0 Å². The first-order chi connectivity index (χ1) is 13.1. The third-order valence-corrected chi connectivity index (χ3v) is 3.63. The quantitative estimate of drug-likeness (QED) is 0.669. The molecule has 0 heterocycles. The van der Waals surface area contributed by atoms with Gasteiger partial charge < -0.3 is 23.7 Å². The number of anilines is 1. The molecular formula is C20H23NO6. The molecule has 1 amide bonds. The van der Waals surface area contributed by atoms with Gasteiger partial charge in [0.1, 0.15) is 36.2 Å². The van der Waals surface area contributed by atoms with E-state index in [2.05, 4.69) is 11.9 Å². The van der Waals surface area contributed by atoms with E-state index in [9.17, 15) is 4.79 Å². The van der Waals surface area contributed by atoms with Crippen LogP contribution in [0, 0.1) is 0 Å². The van der Waals surface area contributed by atoms with Gasteiger partial charge in [-0.15, -0.1) is 0 Å². The van der Waals surface area contributed by atoms with Crippen LogP contribution >= 0.6 is 0 Å². The van der Waals surface area contributed by atoms with Crippen molar-refractivity contribution in [3.05, 3.63) is 54.6 Å². The first-order valence-corrected chi connectivity index (χ1v) is 8.17. The lowest BCUT2D eigenvalue weighted by atomic mass is 10.1. The molecule has 2 aromatic carbocycles. The molecule has 0 fully saturated rings. The molecule has 0 bridgehead atoms. The Balaban J connectivity index is 2.16. The van der Waals surface area contributed by atoms with Crippen LogP contribution in [-0.4, -0.2) is 34.0 Å². The molecule has 0 aliphatic heterocycles. The molecule has 0 aromatic heterocycles. The topological polar surface area (TPSA) is 75.3 Å². The first kappa shape index (κ1) is 20.0. The minimum absolute atomic E-state index is 0.119. The minimum Gasteiger partial charge on any atom is -0.497 e. The predicted octanol–water partition coefficient (Wildman–Crippen LogP) is 4.03. The highest BCUT2D eigenvalue weighted by molar-refractivity contribution is 5.85. The summed E-state index contributed by atoms with van der Waals surface area (Å²) in [6.45, 7) is 3.84. The van der Waals surface area contributed by atoms with Gasteiger partial charge >= 0.3 is 6.09 Å². The number of ether oxygens (including phenoxy) is 5. The maximum absolute atomic E-state index is 11.7. The van der Waals surface area contributed by atoms with Crippen molar-refractivity contribution in [1.82, 2.24) is 0 Å². The summed E-state index contributed by atoms with van der Waals surface area (Å²) in [7, 11) is 4.67. The number of nitrogens with one attached hydrogen (secondary N) is 1. The average Bonchev–Trinajstić information content (AvgIpc) is 2.70. The zero-order valence-corrected chi connectivity index (χ0v) is 15.6. The molecule has 1 N–H and O–H groups in total. The van der Waals surface area contributed by atoms with E-state index in [1.807, 2.05) is 24.3 Å². The van der Waals surface area contributed by atoms with Crippen molar-refractivity contribution in [1.29, 1.82) is 0 Å². The Labute approximate surface area is 158 Å². The molecule has 0 aliphatic rings. The van der Waals surface area contributed by atoms with Crippen LogP contribution in [-0.2, 0) is 11.3 Å². The van der Waals surface area contributed by atoms with Crippen molar-refractivity contribution in [2.75, 3.05) is 33.3 Å². The number of hydrogen-bond donors (Lipinski definition) is 1. The van der Waals surface area contributed by atoms with E-state index < -0.39 is 6.09 Å². The minimum atomic E-state index is -0.596. The Morgan fingerprint density at radius 3 is 2.11 bits per heavy atom. The zero-order chi connectivity index (χ0) is 19.6. The highest BCUT2D eigenvalue weighted by Gasteiger charge is 2.15. The lowest BCUT2D eigenvalue weighted by Crippen LogP contribution is -2.14. The van der Waals surface area contributed by atoms with Crippen LogP contribution in [0.2, 0.25) is 0 Å². The Bertz CT molecular complexity index is 748. The van der Waals surface area contributed by atoms with Crippen LogP contribution in [0.5, 0.6) is 23.0 Å². The second kappa shape index (κ2) is 9.96. The molecule has 0 radical (unpaired) electrons. The molecule has 0 unspecified atom stereocenters. The number of amides is 1. The van der Waals surface area contributed by atoms with Crippen molar-refractivity contribution >= 4 is 11.8 Å². The molecule has 2 aromatic rings. The fourth-order valence-corrected chi connectivity index (χ4v) is 2.31. The highest BCUT2D eigenvalue weighted by atomic mass is 16.5. The normalized spacial score (nSPS) is 9.89. The number of methoxy groups -OCH3 is 3. The standard InChI is InChI=1S/C20H23NO6/c1-5-10-26-20(22)21-14-11-18(24-3)17(19(12-14)25-4)13-27-16-8-6-15(23-2)7-9-16/h5-9,11-12H,1,10,13H2,2-4H3,(H,21,22). The largest absolute Gasteiger partial charge is 0.497 e. The Morgan fingerprint density at radius 1 is 1.00 bits per heavy atom. The molecule has 0 atom stereocenters. The van der Waals surface area contributed by atoms with Crippen molar-refractivity contribution in [3.63, 3.8) is 0 Å². The lowest BCUT2D eigenvalue weighted by molar-refractivity contribution is 0.174. The SMILES string of the molecule is C=CCOC(=O)Nc1cc(OC)c(COc2ccc(OC)cc2)c(OC)c1. The fraction of sp³-hybridized carbons (Fsp3) is 0.250. The summed E-state index contributed by atoms with van der Waals surface area (Å²) >= 11 is 0. The predicted molar refractivity (Wildman–Crippen MR) is 102 cm³/mol. The van der Waals surface area contributed by atoms with Gasteiger partial charge in [-0.1, -0.05) is 12.7 Å². The Morgan fingerprint density at radius 2 is 1.59 bits per heavy atom. The van der Waals surface area contributed by atoms with E-state index in [0.717, 1.165) is 5.75 Å². The summed E-state index contributed by atoms with van der Waals surface area (Å²) in [5.41, 5.74) is 1.19. The van der Waals surface area contributed by atoms with Crippen LogP contribution < -0.4 is 24.3 Å². The second-order valence-corrected chi connectivity index (χ2v) is 5.34. The average molecular weight is 373 g/mol. The van der Waals surface area contributed by atoms with E-state index in [0.29, 0.717) is 28.5 Å². The van der Waals surface area contributed by atoms with Gasteiger partial charge in [-0.25, -0.2) is 4.79 Å². The summed E-state index contributed by atoms with van der Waals surface area (Å²) in [6, 6.07) is 10.6. The number of hydrogen-bond acceptors (Lipinski definition) is 6. The molecule has 0 saturated heterocycles. The third-order valence-electron chi connectivity index (χ3n) is 3.63. The van der Waals surface area contributed by atoms with Crippen molar-refractivity contribution in [2.24, 2.45) is 0 Å². The molecule has 2 rings (SSSR count). The molecule has 27 heavy (non-hydrogen) atoms. The highest BCUT2D eigenvalue weighted by Crippen LogP contribution is 2.34. The van der Waals surface area contributed by atoms with Crippen molar-refractivity contribution < 1.29 is 28.5 Å². The van der Waals surface area contributed by atoms with Gasteiger partial charge in [0.25, 0.3) is 0 Å². The summed E-state index contributed by atoms with van der Waals surface area (Å²) in [5.74, 6) is 2.45. The lowest BCUT2D eigenvalue weighted by Gasteiger charge is -2.16. The van der Waals surface area contributed by atoms with E-state index in [4.69, 9.17) is 23.7 Å². The smallest absolute Gasteiger partial charge is 0.411 e. The summed E-state index contributed by atoms with van der Waals surface area (Å²) in [4.78, 5) is 11.7. The van der Waals surface area contributed by atoms with Gasteiger partial charge in [0, 0.05) is 12.1 Å². The first-order valence-electron chi connectivity index (χ1n) is 8.17. The monoisotopic (exact) mass is 373 g/mol. The van der Waals surface area contributed by atoms with Crippen LogP contribution in [0.15, 0.2) is 49.1 Å². The molecule has 7 heteroatoms. The molecule has 0 aliphatic carbocycles. The van der Waals surface area contributed by atoms with Gasteiger partial charge in [-0.05, 0) is 24.3 Å². The van der Waals surface area contributed by atoms with E-state index in [1.165, 1.54) is 20.3 Å². The van der Waals surface area contributed by atoms with Crippen LogP contribution in [0.4, 0.5) is 10.5 Å². The van der Waals surface area contributed by atoms with Gasteiger partial charge in [0.2, 0.25) is 0 Å². The van der Waals surface area contributed by atoms with Crippen LogP contribution in [0.3, 0.4) is 0 Å². The third kappa shape index (κ3) is 5.57. The molecular weight excluding hydrogens is 350 g/mol. The number of benzene rings is 2. The van der Waals surface area contributed by atoms with Gasteiger partial charge in [-0.3, -0.25) is 5.32 Å². The van der Waals surface area contributed by atoms with Gasteiger partial charge in [-0.2, -0.15) is 0 Å². The zero-order valence-electron chi connectivity index (χ0n) is 15.6. The van der Waals surface area contributed by atoms with Crippen molar-refractivity contribution in [3.8, 4) is 23.0 Å². The fourth-order valence-electron chi connectivity index (χ4n) is 2.31. The summed E-state index contributed by atoms with van der Waals surface area (Å²) in [5, 5.41) is 2.62. The molecule has 0 saturated carbocycles. The maximum atomic E-state index is 11.7.